The lowest BCUT2D eigenvalue weighted by Gasteiger charge is -2.40. The Kier molecular flexibility index (Phi) is 5.44. The predicted molar refractivity (Wildman–Crippen MR) is 110 cm³/mol. The highest BCUT2D eigenvalue weighted by Crippen LogP contribution is 2.36. The molecular weight excluding hydrogens is 372 g/mol. The van der Waals surface area contributed by atoms with Crippen molar-refractivity contribution < 1.29 is 9.59 Å². The maximum absolute atomic E-state index is 12.7. The van der Waals surface area contributed by atoms with E-state index in [1.54, 1.807) is 6.20 Å². The third-order valence-corrected chi connectivity index (χ3v) is 7.01. The Bertz CT molecular complexity index is 853. The molecule has 4 atom stereocenters. The third-order valence-electron chi connectivity index (χ3n) is 6.26. The van der Waals surface area contributed by atoms with E-state index < -0.39 is 0 Å². The van der Waals surface area contributed by atoms with Gasteiger partial charge in [0.05, 0.1) is 11.6 Å². The van der Waals surface area contributed by atoms with Crippen molar-refractivity contribution in [1.82, 2.24) is 14.9 Å². The van der Waals surface area contributed by atoms with E-state index >= 15 is 0 Å². The van der Waals surface area contributed by atoms with Gasteiger partial charge >= 0.3 is 0 Å². The average Bonchev–Trinajstić information content (AvgIpc) is 3.32. The van der Waals surface area contributed by atoms with E-state index in [1.807, 2.05) is 28.5 Å². The molecule has 2 aliphatic rings. The van der Waals surface area contributed by atoms with Crippen LogP contribution in [0.5, 0.6) is 0 Å². The molecule has 0 radical (unpaired) electrons. The quantitative estimate of drug-likeness (QED) is 0.850. The third kappa shape index (κ3) is 3.81. The van der Waals surface area contributed by atoms with Gasteiger partial charge < -0.3 is 10.2 Å². The van der Waals surface area contributed by atoms with Crippen molar-refractivity contribution in [2.24, 2.45) is 17.8 Å². The average molecular weight is 399 g/mol. The molecule has 2 fully saturated rings. The van der Waals surface area contributed by atoms with Crippen molar-refractivity contribution in [1.29, 1.82) is 0 Å². The van der Waals surface area contributed by atoms with Crippen molar-refractivity contribution in [3.63, 3.8) is 0 Å². The van der Waals surface area contributed by atoms with Crippen LogP contribution in [0.4, 0.5) is 5.13 Å². The Morgan fingerprint density at radius 3 is 2.89 bits per heavy atom. The molecule has 1 aliphatic heterocycles. The Hall–Kier alpha value is -2.28. The number of pyridine rings is 1. The number of anilines is 1. The van der Waals surface area contributed by atoms with E-state index in [4.69, 9.17) is 0 Å². The van der Waals surface area contributed by atoms with Crippen LogP contribution in [-0.4, -0.2) is 39.3 Å². The summed E-state index contributed by atoms with van der Waals surface area (Å²) < 4.78 is 0. The van der Waals surface area contributed by atoms with Gasteiger partial charge in [0, 0.05) is 30.6 Å². The van der Waals surface area contributed by atoms with Crippen LogP contribution in [0.15, 0.2) is 29.8 Å². The maximum atomic E-state index is 12.7. The molecule has 6 nitrogen and oxygen atoms in total. The summed E-state index contributed by atoms with van der Waals surface area (Å²) in [7, 11) is 0. The molecule has 4 rings (SSSR count). The summed E-state index contributed by atoms with van der Waals surface area (Å²) in [6, 6.07) is 5.92. The zero-order valence-corrected chi connectivity index (χ0v) is 17.1. The zero-order chi connectivity index (χ0) is 19.7. The molecule has 0 aromatic carbocycles. The summed E-state index contributed by atoms with van der Waals surface area (Å²) in [5, 5.41) is 5.34. The number of hydrogen-bond donors (Lipinski definition) is 1. The second-order valence-corrected chi connectivity index (χ2v) is 8.88. The zero-order valence-electron chi connectivity index (χ0n) is 16.3. The molecule has 1 N–H and O–H groups in total. The molecule has 1 aliphatic carbocycles. The van der Waals surface area contributed by atoms with Gasteiger partial charge in [-0.3, -0.25) is 14.6 Å². The molecular formula is C21H26N4O2S. The van der Waals surface area contributed by atoms with Gasteiger partial charge in [-0.25, -0.2) is 4.98 Å². The first-order valence-corrected chi connectivity index (χ1v) is 10.9. The van der Waals surface area contributed by atoms with Crippen molar-refractivity contribution in [2.45, 2.75) is 45.6 Å². The topological polar surface area (TPSA) is 75.2 Å². The van der Waals surface area contributed by atoms with Gasteiger partial charge in [-0.1, -0.05) is 32.8 Å². The first-order valence-electron chi connectivity index (χ1n) is 10.00. The fraction of sp³-hybridized carbons (Fsp3) is 0.524. The van der Waals surface area contributed by atoms with Crippen molar-refractivity contribution in [3.05, 3.63) is 29.8 Å². The number of nitrogens with one attached hydrogen (secondary N) is 1. The molecule has 0 bridgehead atoms. The van der Waals surface area contributed by atoms with E-state index in [0.717, 1.165) is 24.2 Å². The Balaban J connectivity index is 1.39. The largest absolute Gasteiger partial charge is 0.339 e. The maximum Gasteiger partial charge on any atom is 0.231 e. The molecule has 7 heteroatoms. The number of aromatic nitrogens is 2. The van der Waals surface area contributed by atoms with Gasteiger partial charge in [0.1, 0.15) is 5.69 Å². The molecule has 148 valence electrons. The van der Waals surface area contributed by atoms with Gasteiger partial charge in [-0.2, -0.15) is 0 Å². The first-order chi connectivity index (χ1) is 13.5. The summed E-state index contributed by atoms with van der Waals surface area (Å²) in [6.45, 7) is 5.03. The second-order valence-electron chi connectivity index (χ2n) is 8.02. The van der Waals surface area contributed by atoms with E-state index in [2.05, 4.69) is 29.1 Å². The van der Waals surface area contributed by atoms with Crippen LogP contribution in [0.1, 0.15) is 39.5 Å². The number of amides is 2. The van der Waals surface area contributed by atoms with E-state index in [9.17, 15) is 9.59 Å². The monoisotopic (exact) mass is 398 g/mol. The van der Waals surface area contributed by atoms with Crippen LogP contribution in [-0.2, 0) is 9.59 Å². The van der Waals surface area contributed by atoms with Crippen LogP contribution in [0.2, 0.25) is 0 Å². The molecule has 1 saturated heterocycles. The number of thiazole rings is 1. The number of likely N-dealkylation sites (tertiary alicyclic amines) is 1. The van der Waals surface area contributed by atoms with Crippen molar-refractivity contribution in [3.8, 4) is 11.4 Å². The molecule has 2 amide bonds. The highest BCUT2D eigenvalue weighted by Gasteiger charge is 2.41. The minimum atomic E-state index is -0.306. The molecule has 28 heavy (non-hydrogen) atoms. The highest BCUT2D eigenvalue weighted by atomic mass is 32.1. The van der Waals surface area contributed by atoms with Gasteiger partial charge in [0.2, 0.25) is 11.8 Å². The van der Waals surface area contributed by atoms with Gasteiger partial charge in [0.15, 0.2) is 5.13 Å². The van der Waals surface area contributed by atoms with Gasteiger partial charge in [-0.15, -0.1) is 11.3 Å². The van der Waals surface area contributed by atoms with E-state index in [1.165, 1.54) is 17.8 Å². The van der Waals surface area contributed by atoms with Crippen LogP contribution in [0, 0.1) is 17.8 Å². The summed E-state index contributed by atoms with van der Waals surface area (Å²) in [5.74, 6) is 0.798. The number of nitrogens with zero attached hydrogens (tertiary/aromatic N) is 3. The molecule has 3 heterocycles. The van der Waals surface area contributed by atoms with Gasteiger partial charge in [-0.05, 0) is 30.4 Å². The first kappa shape index (κ1) is 19.1. The lowest BCUT2D eigenvalue weighted by molar-refractivity contribution is -0.131. The molecule has 2 aromatic heterocycles. The van der Waals surface area contributed by atoms with E-state index in [-0.39, 0.29) is 23.8 Å². The summed E-state index contributed by atoms with van der Waals surface area (Å²) in [5.41, 5.74) is 1.52. The van der Waals surface area contributed by atoms with Gasteiger partial charge in [0.25, 0.3) is 0 Å². The summed E-state index contributed by atoms with van der Waals surface area (Å²) in [4.78, 5) is 36.1. The highest BCUT2D eigenvalue weighted by molar-refractivity contribution is 7.14. The normalized spacial score (nSPS) is 27.8. The molecule has 0 spiro atoms. The number of carbonyl (C=O) groups excluding carboxylic acids is 2. The Morgan fingerprint density at radius 2 is 2.11 bits per heavy atom. The van der Waals surface area contributed by atoms with E-state index in [0.29, 0.717) is 29.9 Å². The molecule has 2 aromatic rings. The minimum Gasteiger partial charge on any atom is -0.339 e. The van der Waals surface area contributed by atoms with Crippen LogP contribution in [0.3, 0.4) is 0 Å². The smallest absolute Gasteiger partial charge is 0.231 e. The fourth-order valence-electron chi connectivity index (χ4n) is 4.39. The predicted octanol–water partition coefficient (Wildman–Crippen LogP) is 3.82. The Morgan fingerprint density at radius 1 is 1.25 bits per heavy atom. The summed E-state index contributed by atoms with van der Waals surface area (Å²) >= 11 is 1.38. The second kappa shape index (κ2) is 7.99. The SMILES string of the molecule is C[C@H]1[C@H](N2C[C@H](C(=O)Nc3nc(-c4ccccn4)cs3)CC2=O)CCC[C@@H]1C. The minimum absolute atomic E-state index is 0.111. The van der Waals surface area contributed by atoms with Crippen LogP contribution < -0.4 is 5.32 Å². The molecule has 1 saturated carbocycles. The van der Waals surface area contributed by atoms with Crippen LogP contribution in [0.25, 0.3) is 11.4 Å². The number of rotatable bonds is 4. The van der Waals surface area contributed by atoms with Crippen LogP contribution >= 0.6 is 11.3 Å². The number of carbonyl (C=O) groups is 2. The van der Waals surface area contributed by atoms with Crippen molar-refractivity contribution >= 4 is 28.3 Å². The van der Waals surface area contributed by atoms with Crippen molar-refractivity contribution in [2.75, 3.05) is 11.9 Å². The lowest BCUT2D eigenvalue weighted by atomic mass is 9.77. The number of hydrogen-bond acceptors (Lipinski definition) is 5. The standard InChI is InChI=1S/C21H26N4O2S/c1-13-6-5-8-18(14(13)2)25-11-15(10-19(25)26)20(27)24-21-23-17(12-28-21)16-7-3-4-9-22-16/h3-4,7,9,12-15,18H,5-6,8,10-11H2,1-2H3,(H,23,24,27)/t13-,14+,15+,18+/m0/s1. The molecule has 0 unspecified atom stereocenters. The lowest BCUT2D eigenvalue weighted by Crippen LogP contribution is -2.45. The fourth-order valence-corrected chi connectivity index (χ4v) is 5.10. The Labute approximate surface area is 169 Å². The summed E-state index contributed by atoms with van der Waals surface area (Å²) in [6.07, 6.45) is 5.45.